The third-order valence-corrected chi connectivity index (χ3v) is 5.36. The monoisotopic (exact) mass is 268 g/mol. The molecule has 0 radical (unpaired) electrons. The van der Waals surface area contributed by atoms with Gasteiger partial charge in [0.05, 0.1) is 10.8 Å². The van der Waals surface area contributed by atoms with Crippen LogP contribution in [0.4, 0.5) is 0 Å². The Morgan fingerprint density at radius 2 is 1.00 bits per heavy atom. The van der Waals surface area contributed by atoms with E-state index >= 15 is 0 Å². The fourth-order valence-electron chi connectivity index (χ4n) is 3.90. The number of hydrogen-bond donors (Lipinski definition) is 2. The van der Waals surface area contributed by atoms with E-state index in [1.807, 2.05) is 0 Å². The van der Waals surface area contributed by atoms with Crippen molar-refractivity contribution in [3.8, 4) is 0 Å². The molecule has 2 fully saturated rings. The molecular weight excluding hydrogens is 244 g/mol. The second kappa shape index (κ2) is 5.51. The van der Waals surface area contributed by atoms with Crippen LogP contribution in [0.5, 0.6) is 0 Å². The molecule has 2 aliphatic rings. The molecule has 0 amide bonds. The molecule has 4 heteroatoms. The minimum Gasteiger partial charge on any atom is -0.481 e. The number of carboxylic acid groups (broad SMARTS) is 2. The van der Waals surface area contributed by atoms with E-state index in [0.717, 1.165) is 57.8 Å². The van der Waals surface area contributed by atoms with Crippen LogP contribution < -0.4 is 0 Å². The smallest absolute Gasteiger partial charge is 0.309 e. The first-order chi connectivity index (χ1) is 9.01. The van der Waals surface area contributed by atoms with Gasteiger partial charge in [-0.15, -0.1) is 0 Å². The Kier molecular flexibility index (Phi) is 4.16. The van der Waals surface area contributed by atoms with Crippen molar-refractivity contribution in [1.29, 1.82) is 0 Å². The lowest BCUT2D eigenvalue weighted by molar-refractivity contribution is -0.155. The highest BCUT2D eigenvalue weighted by molar-refractivity contribution is 5.76. The van der Waals surface area contributed by atoms with Crippen molar-refractivity contribution < 1.29 is 19.8 Å². The Bertz CT molecular complexity index is 349. The van der Waals surface area contributed by atoms with E-state index < -0.39 is 22.8 Å². The fourth-order valence-corrected chi connectivity index (χ4v) is 3.90. The summed E-state index contributed by atoms with van der Waals surface area (Å²) in [5.74, 6) is -1.44. The maximum Gasteiger partial charge on any atom is 0.309 e. The minimum absolute atomic E-state index is 0.536. The van der Waals surface area contributed by atoms with Crippen LogP contribution in [0.3, 0.4) is 0 Å². The molecule has 2 N–H and O–H groups in total. The van der Waals surface area contributed by atoms with Crippen molar-refractivity contribution in [2.75, 3.05) is 0 Å². The Hall–Kier alpha value is -1.06. The third kappa shape index (κ3) is 2.77. The summed E-state index contributed by atoms with van der Waals surface area (Å²) in [6.45, 7) is 0. The lowest BCUT2D eigenvalue weighted by Crippen LogP contribution is -2.37. The zero-order valence-corrected chi connectivity index (χ0v) is 11.5. The third-order valence-electron chi connectivity index (χ3n) is 5.36. The van der Waals surface area contributed by atoms with Crippen molar-refractivity contribution in [1.82, 2.24) is 0 Å². The maximum atomic E-state index is 11.6. The van der Waals surface area contributed by atoms with Crippen molar-refractivity contribution >= 4 is 11.9 Å². The van der Waals surface area contributed by atoms with Gasteiger partial charge < -0.3 is 10.2 Å². The molecule has 19 heavy (non-hydrogen) atoms. The number of rotatable bonds is 5. The van der Waals surface area contributed by atoms with Gasteiger partial charge in [-0.1, -0.05) is 32.1 Å². The van der Waals surface area contributed by atoms with Gasteiger partial charge >= 0.3 is 11.9 Å². The zero-order chi connectivity index (χ0) is 13.9. The second-order valence-corrected chi connectivity index (χ2v) is 6.44. The Labute approximate surface area is 114 Å². The molecule has 2 aliphatic carbocycles. The quantitative estimate of drug-likeness (QED) is 0.800. The van der Waals surface area contributed by atoms with Crippen molar-refractivity contribution in [2.24, 2.45) is 10.8 Å². The summed E-state index contributed by atoms with van der Waals surface area (Å²) in [5, 5.41) is 19.0. The Balaban J connectivity index is 2.06. The normalized spacial score (nSPS) is 25.1. The highest BCUT2D eigenvalue weighted by Gasteiger charge is 2.46. The molecule has 2 rings (SSSR count). The van der Waals surface area contributed by atoms with E-state index in [9.17, 15) is 19.8 Å². The molecule has 0 unspecified atom stereocenters. The van der Waals surface area contributed by atoms with Crippen LogP contribution in [0.2, 0.25) is 0 Å². The van der Waals surface area contributed by atoms with E-state index in [1.54, 1.807) is 0 Å². The Morgan fingerprint density at radius 1 is 0.684 bits per heavy atom. The van der Waals surface area contributed by atoms with Gasteiger partial charge in [0, 0.05) is 0 Å². The lowest BCUT2D eigenvalue weighted by atomic mass is 9.67. The van der Waals surface area contributed by atoms with Gasteiger partial charge in [0.15, 0.2) is 0 Å². The highest BCUT2D eigenvalue weighted by atomic mass is 16.4. The summed E-state index contributed by atoms with van der Waals surface area (Å²) >= 11 is 0. The number of hydrogen-bond acceptors (Lipinski definition) is 2. The highest BCUT2D eigenvalue weighted by Crippen LogP contribution is 2.48. The molecule has 0 saturated heterocycles. The van der Waals surface area contributed by atoms with Gasteiger partial charge in [-0.2, -0.15) is 0 Å². The van der Waals surface area contributed by atoms with E-state index in [2.05, 4.69) is 0 Å². The lowest BCUT2D eigenvalue weighted by Gasteiger charge is -2.36. The summed E-state index contributed by atoms with van der Waals surface area (Å²) in [4.78, 5) is 23.1. The van der Waals surface area contributed by atoms with Gasteiger partial charge in [0.1, 0.15) is 0 Å². The summed E-state index contributed by atoms with van der Waals surface area (Å²) in [5.41, 5.74) is -1.29. The van der Waals surface area contributed by atoms with Crippen LogP contribution in [0.15, 0.2) is 0 Å². The van der Waals surface area contributed by atoms with Crippen molar-refractivity contribution in [3.05, 3.63) is 0 Å². The molecular formula is C15H24O4. The summed E-state index contributed by atoms with van der Waals surface area (Å²) in [6.07, 6.45) is 8.92. The first kappa shape index (κ1) is 14.4. The van der Waals surface area contributed by atoms with Crippen LogP contribution >= 0.6 is 0 Å². The van der Waals surface area contributed by atoms with E-state index in [-0.39, 0.29) is 0 Å². The molecule has 0 spiro atoms. The fraction of sp³-hybridized carbons (Fsp3) is 0.867. The largest absolute Gasteiger partial charge is 0.481 e. The molecule has 0 aliphatic heterocycles. The van der Waals surface area contributed by atoms with Crippen LogP contribution in [0.25, 0.3) is 0 Å². The minimum atomic E-state index is -0.721. The van der Waals surface area contributed by atoms with Gasteiger partial charge in [0.25, 0.3) is 0 Å². The number of carboxylic acids is 2. The van der Waals surface area contributed by atoms with E-state index in [0.29, 0.717) is 12.8 Å². The summed E-state index contributed by atoms with van der Waals surface area (Å²) < 4.78 is 0. The molecule has 2 saturated carbocycles. The molecule has 0 aromatic rings. The molecule has 0 aromatic carbocycles. The molecule has 4 nitrogen and oxygen atoms in total. The second-order valence-electron chi connectivity index (χ2n) is 6.44. The van der Waals surface area contributed by atoms with Crippen LogP contribution in [-0.4, -0.2) is 22.2 Å². The molecule has 0 bridgehead atoms. The van der Waals surface area contributed by atoms with Crippen molar-refractivity contribution in [3.63, 3.8) is 0 Å². The maximum absolute atomic E-state index is 11.6. The Morgan fingerprint density at radius 3 is 1.32 bits per heavy atom. The first-order valence-corrected chi connectivity index (χ1v) is 7.48. The average molecular weight is 268 g/mol. The molecule has 0 heterocycles. The van der Waals surface area contributed by atoms with Crippen molar-refractivity contribution in [2.45, 2.75) is 70.6 Å². The van der Waals surface area contributed by atoms with Crippen LogP contribution in [0.1, 0.15) is 70.6 Å². The number of carbonyl (C=O) groups is 2. The molecule has 0 aromatic heterocycles. The SMILES string of the molecule is O=C(O)C1(CCC2(C(=O)O)CCCC2)CCCCC1. The van der Waals surface area contributed by atoms with Gasteiger partial charge in [-0.3, -0.25) is 9.59 Å². The standard InChI is InChI=1S/C15H24O4/c16-12(17)14(6-2-1-3-7-14)10-11-15(13(18)19)8-4-5-9-15/h1-11H2,(H,16,17)(H,18,19). The van der Waals surface area contributed by atoms with Crippen LogP contribution in [-0.2, 0) is 9.59 Å². The van der Waals surface area contributed by atoms with Crippen LogP contribution in [0, 0.1) is 10.8 Å². The predicted molar refractivity (Wildman–Crippen MR) is 70.9 cm³/mol. The summed E-state index contributed by atoms with van der Waals surface area (Å²) in [6, 6.07) is 0. The van der Waals surface area contributed by atoms with E-state index in [4.69, 9.17) is 0 Å². The van der Waals surface area contributed by atoms with E-state index in [1.165, 1.54) is 0 Å². The first-order valence-electron chi connectivity index (χ1n) is 7.48. The van der Waals surface area contributed by atoms with Gasteiger partial charge in [-0.05, 0) is 38.5 Å². The molecule has 108 valence electrons. The summed E-state index contributed by atoms with van der Waals surface area (Å²) in [7, 11) is 0. The van der Waals surface area contributed by atoms with Gasteiger partial charge in [-0.25, -0.2) is 0 Å². The van der Waals surface area contributed by atoms with Gasteiger partial charge in [0.2, 0.25) is 0 Å². The zero-order valence-electron chi connectivity index (χ0n) is 11.5. The molecule has 0 atom stereocenters. The average Bonchev–Trinajstić information content (AvgIpc) is 2.87. The predicted octanol–water partition coefficient (Wildman–Crippen LogP) is 3.45. The number of aliphatic carboxylic acids is 2. The topological polar surface area (TPSA) is 74.6 Å².